The zero-order valence-electron chi connectivity index (χ0n) is 35.2. The lowest BCUT2D eigenvalue weighted by Crippen LogP contribution is -2.68. The smallest absolute Gasteiger partial charge is 0.242 e. The summed E-state index contributed by atoms with van der Waals surface area (Å²) in [5.41, 5.74) is 3.89. The Kier molecular flexibility index (Phi) is 10.4. The van der Waals surface area contributed by atoms with Crippen LogP contribution < -0.4 is 18.9 Å². The number of piperidine rings is 6. The van der Waals surface area contributed by atoms with Crippen LogP contribution in [0.3, 0.4) is 0 Å². The van der Waals surface area contributed by atoms with Gasteiger partial charge < -0.3 is 23.4 Å². The van der Waals surface area contributed by atoms with Crippen LogP contribution in [-0.4, -0.2) is 88.6 Å². The Morgan fingerprint density at radius 1 is 0.721 bits per heavy atom. The molecule has 6 aliphatic heterocycles. The minimum absolute atomic E-state index is 0.115. The fourth-order valence-corrected chi connectivity index (χ4v) is 11.6. The molecule has 6 fully saturated rings. The Balaban J connectivity index is 1.09. The molecule has 10 atom stereocenters. The first-order valence-corrected chi connectivity index (χ1v) is 21.8. The number of rotatable bonds is 14. The average Bonchev–Trinajstić information content (AvgIpc) is 3.32. The molecule has 6 aliphatic rings. The van der Waals surface area contributed by atoms with E-state index in [-0.39, 0.29) is 24.3 Å². The number of benzene rings is 3. The number of pyridine rings is 2. The number of fused-ring (bicyclic) bond motifs is 9. The van der Waals surface area contributed by atoms with Crippen molar-refractivity contribution in [2.45, 2.75) is 50.0 Å². The van der Waals surface area contributed by atoms with Crippen molar-refractivity contribution in [2.24, 2.45) is 23.7 Å². The first-order valence-electron chi connectivity index (χ1n) is 21.8. The van der Waals surface area contributed by atoms with Gasteiger partial charge in [0.25, 0.3) is 0 Å². The zero-order valence-corrected chi connectivity index (χ0v) is 35.2. The van der Waals surface area contributed by atoms with Gasteiger partial charge in [-0.25, -0.2) is 0 Å². The van der Waals surface area contributed by atoms with Gasteiger partial charge in [-0.1, -0.05) is 30.9 Å². The van der Waals surface area contributed by atoms with E-state index in [1.807, 2.05) is 48.8 Å². The van der Waals surface area contributed by atoms with Crippen molar-refractivity contribution in [3.8, 4) is 23.3 Å². The summed E-state index contributed by atoms with van der Waals surface area (Å²) in [5, 5.41) is 13.6. The third-order valence-corrected chi connectivity index (χ3v) is 14.7. The van der Waals surface area contributed by atoms with E-state index in [1.54, 1.807) is 14.2 Å². The lowest BCUT2D eigenvalue weighted by Gasteiger charge is -2.58. The van der Waals surface area contributed by atoms with Gasteiger partial charge in [-0.2, -0.15) is 0 Å². The molecule has 0 aliphatic carbocycles. The highest BCUT2D eigenvalue weighted by Gasteiger charge is 2.55. The quantitative estimate of drug-likeness (QED) is 0.0788. The number of aromatic nitrogens is 4. The molecule has 0 radical (unpaired) electrons. The summed E-state index contributed by atoms with van der Waals surface area (Å²) < 4.78 is 27.1. The topological polar surface area (TPSA) is 91.7 Å². The molecule has 9 heterocycles. The maximum absolute atomic E-state index is 7.42. The third kappa shape index (κ3) is 6.90. The highest BCUT2D eigenvalue weighted by atomic mass is 16.5. The van der Waals surface area contributed by atoms with Gasteiger partial charge in [0.15, 0.2) is 6.10 Å². The normalized spacial score (nSPS) is 27.7. The fraction of sp³-hybridized carbons (Fsp3) is 0.373. The van der Waals surface area contributed by atoms with Crippen LogP contribution >= 0.6 is 0 Å². The van der Waals surface area contributed by atoms with E-state index in [1.165, 1.54) is 0 Å². The molecular formula is C51H55N6O4+. The van der Waals surface area contributed by atoms with E-state index in [9.17, 15) is 0 Å². The van der Waals surface area contributed by atoms with Gasteiger partial charge in [0, 0.05) is 59.6 Å². The van der Waals surface area contributed by atoms with E-state index in [0.29, 0.717) is 35.4 Å². The Morgan fingerprint density at radius 2 is 1.33 bits per heavy atom. The number of ether oxygens (including phenoxy) is 4. The molecule has 0 saturated carbocycles. The van der Waals surface area contributed by atoms with Gasteiger partial charge in [-0.3, -0.25) is 14.9 Å². The van der Waals surface area contributed by atoms with Gasteiger partial charge in [-0.05, 0) is 104 Å². The summed E-state index contributed by atoms with van der Waals surface area (Å²) in [5.74, 6) is 4.48. The van der Waals surface area contributed by atoms with Crippen molar-refractivity contribution in [1.29, 1.82) is 0 Å². The van der Waals surface area contributed by atoms with E-state index in [0.717, 1.165) is 118 Å². The number of quaternary nitrogens is 1. The predicted molar refractivity (Wildman–Crippen MR) is 240 cm³/mol. The van der Waals surface area contributed by atoms with Gasteiger partial charge in [-0.15, -0.1) is 23.4 Å². The number of hydrogen-bond acceptors (Lipinski definition) is 9. The van der Waals surface area contributed by atoms with E-state index in [4.69, 9.17) is 39.1 Å². The first-order chi connectivity index (χ1) is 29.9. The van der Waals surface area contributed by atoms with Gasteiger partial charge in [0.05, 0.1) is 61.7 Å². The average molecular weight is 816 g/mol. The molecule has 10 heteroatoms. The third-order valence-electron chi connectivity index (χ3n) is 14.7. The van der Waals surface area contributed by atoms with E-state index >= 15 is 0 Å². The summed E-state index contributed by atoms with van der Waals surface area (Å²) in [6, 6.07) is 24.8. The molecule has 61 heavy (non-hydrogen) atoms. The highest BCUT2D eigenvalue weighted by Crippen LogP contribution is 2.50. The van der Waals surface area contributed by atoms with Gasteiger partial charge >= 0.3 is 0 Å². The number of hydrogen-bond donors (Lipinski definition) is 0. The van der Waals surface area contributed by atoms with Crippen LogP contribution in [0.4, 0.5) is 0 Å². The maximum Gasteiger partial charge on any atom is 0.242 e. The van der Waals surface area contributed by atoms with E-state index < -0.39 is 0 Å². The van der Waals surface area contributed by atoms with Crippen molar-refractivity contribution in [3.05, 3.63) is 134 Å². The minimum atomic E-state index is -0.370. The maximum atomic E-state index is 7.42. The lowest BCUT2D eigenvalue weighted by molar-refractivity contribution is -0.967. The van der Waals surface area contributed by atoms with Crippen LogP contribution in [0, 0.1) is 23.7 Å². The van der Waals surface area contributed by atoms with Crippen LogP contribution in [0.15, 0.2) is 123 Å². The Bertz CT molecular complexity index is 2630. The summed E-state index contributed by atoms with van der Waals surface area (Å²) in [6.07, 6.45) is 13.7. The number of methoxy groups -OCH3 is 2. The summed E-state index contributed by atoms with van der Waals surface area (Å²) in [7, 11) is 3.40. The van der Waals surface area contributed by atoms with Crippen LogP contribution in [0.1, 0.15) is 49.0 Å². The van der Waals surface area contributed by atoms with Crippen molar-refractivity contribution >= 4 is 32.6 Å². The van der Waals surface area contributed by atoms with Crippen molar-refractivity contribution in [2.75, 3.05) is 46.9 Å². The molecule has 4 bridgehead atoms. The molecule has 0 amide bonds. The van der Waals surface area contributed by atoms with Crippen molar-refractivity contribution in [1.82, 2.24) is 25.1 Å². The molecule has 3 aromatic heterocycles. The van der Waals surface area contributed by atoms with Crippen molar-refractivity contribution in [3.63, 3.8) is 0 Å². The van der Waals surface area contributed by atoms with Crippen LogP contribution in [0.2, 0.25) is 0 Å². The molecule has 6 saturated heterocycles. The summed E-state index contributed by atoms with van der Waals surface area (Å²) >= 11 is 0. The standard InChI is InChI=1S/C51H55N6O4/c1-6-24-57-25-20-35(33(8-3)31-57)27-47(57)49(39-18-22-53-45-16-14-37(59-5)29-43(39)45)61-51-41-12-10-9-11-40(41)50(54-55-51)60-48(46-26-34-19-23-56(46)30-32(34)7-2)38-17-21-52-44-15-13-36(58-4)28-42(38)44/h6-18,21-22,28-29,32-35,46-49H,1-3,19-20,23-27,30-31H2,4-5H3/q+1/t32-,33-,34-,35-,46+,47+,48-,49-,57?/m0/s1. The second kappa shape index (κ2) is 16.2. The Labute approximate surface area is 358 Å². The van der Waals surface area contributed by atoms with Crippen LogP contribution in [-0.2, 0) is 0 Å². The van der Waals surface area contributed by atoms with E-state index in [2.05, 4.69) is 79.3 Å². The van der Waals surface area contributed by atoms with Crippen LogP contribution in [0.25, 0.3) is 32.6 Å². The molecule has 312 valence electrons. The van der Waals surface area contributed by atoms with Crippen LogP contribution in [0.5, 0.6) is 23.3 Å². The molecular weight excluding hydrogens is 761 g/mol. The fourth-order valence-electron chi connectivity index (χ4n) is 11.6. The lowest BCUT2D eigenvalue weighted by atomic mass is 9.71. The largest absolute Gasteiger partial charge is 0.497 e. The second-order valence-corrected chi connectivity index (χ2v) is 17.6. The molecule has 0 N–H and O–H groups in total. The Morgan fingerprint density at radius 3 is 1.90 bits per heavy atom. The minimum Gasteiger partial charge on any atom is -0.497 e. The molecule has 12 rings (SSSR count). The summed E-state index contributed by atoms with van der Waals surface area (Å²) in [6.45, 7) is 17.6. The molecule has 10 nitrogen and oxygen atoms in total. The predicted octanol–water partition coefficient (Wildman–Crippen LogP) is 9.48. The SMILES string of the molecule is C=CC[N+]12CC[C@@H](C[C@@H]1[C@@H](Oc1nnc(O[C@@H](c3ccnc4ccc(OC)cc34)[C@H]3C[C@@H]4CCN3C[C@@H]4C=C)c3ccccc13)c1ccnc3ccc(OC)cc13)[C@@H](C=C)C2. The van der Waals surface area contributed by atoms with Crippen molar-refractivity contribution < 1.29 is 23.4 Å². The molecule has 0 spiro atoms. The van der Waals surface area contributed by atoms with Gasteiger partial charge in [0.2, 0.25) is 11.8 Å². The second-order valence-electron chi connectivity index (χ2n) is 17.6. The Hall–Kier alpha value is -5.84. The summed E-state index contributed by atoms with van der Waals surface area (Å²) in [4.78, 5) is 12.1. The molecule has 6 aromatic rings. The molecule has 2 unspecified atom stereocenters. The highest BCUT2D eigenvalue weighted by molar-refractivity contribution is 5.91. The zero-order chi connectivity index (χ0) is 41.7. The van der Waals surface area contributed by atoms with Gasteiger partial charge in [0.1, 0.15) is 23.6 Å². The molecule has 3 aromatic carbocycles. The first kappa shape index (κ1) is 39.3. The number of nitrogens with zero attached hydrogens (tertiary/aromatic N) is 6. The monoisotopic (exact) mass is 815 g/mol.